The largest absolute Gasteiger partial charge is 0.486 e. The normalized spacial score (nSPS) is 10.4. The predicted octanol–water partition coefficient (Wildman–Crippen LogP) is 1.58. The predicted molar refractivity (Wildman–Crippen MR) is 94.4 cm³/mol. The average molecular weight is 347 g/mol. The first-order valence-electron chi connectivity index (χ1n) is 7.40. The van der Waals surface area contributed by atoms with Crippen molar-refractivity contribution >= 4 is 17.7 Å². The topological polar surface area (TPSA) is 95.1 Å². The Morgan fingerprint density at radius 1 is 1.38 bits per heavy atom. The van der Waals surface area contributed by atoms with Gasteiger partial charge in [-0.1, -0.05) is 23.9 Å². The quantitative estimate of drug-likeness (QED) is 0.428. The number of hydrogen-bond donors (Lipinski definition) is 2. The van der Waals surface area contributed by atoms with E-state index in [1.807, 2.05) is 26.0 Å². The molecule has 0 saturated heterocycles. The van der Waals surface area contributed by atoms with Crippen molar-refractivity contribution in [3.63, 3.8) is 0 Å². The van der Waals surface area contributed by atoms with Crippen LogP contribution in [0.2, 0.25) is 0 Å². The van der Waals surface area contributed by atoms with Gasteiger partial charge in [0.05, 0.1) is 5.75 Å². The van der Waals surface area contributed by atoms with E-state index in [4.69, 9.17) is 10.6 Å². The maximum absolute atomic E-state index is 11.6. The van der Waals surface area contributed by atoms with Crippen LogP contribution in [-0.4, -0.2) is 33.1 Å². The molecule has 128 valence electrons. The summed E-state index contributed by atoms with van der Waals surface area (Å²) in [5, 5.41) is 11.1. The number of nitrogens with zero attached hydrogens (tertiary/aromatic N) is 3. The minimum absolute atomic E-state index is 0.115. The summed E-state index contributed by atoms with van der Waals surface area (Å²) < 4.78 is 7.07. The molecule has 0 aliphatic heterocycles. The Morgan fingerprint density at radius 3 is 2.75 bits per heavy atom. The third-order valence-corrected chi connectivity index (χ3v) is 4.02. The van der Waals surface area contributed by atoms with Crippen LogP contribution in [0.3, 0.4) is 0 Å². The van der Waals surface area contributed by atoms with Crippen LogP contribution < -0.4 is 15.9 Å². The Labute approximate surface area is 145 Å². The van der Waals surface area contributed by atoms with Gasteiger partial charge in [-0.25, -0.2) is 4.68 Å². The monoisotopic (exact) mass is 347 g/mol. The molecule has 0 spiro atoms. The molecular weight excluding hydrogens is 326 g/mol. The zero-order valence-electron chi connectivity index (χ0n) is 13.8. The first kappa shape index (κ1) is 17.9. The molecule has 0 radical (unpaired) electrons. The number of amides is 1. The van der Waals surface area contributed by atoms with Crippen molar-refractivity contribution in [2.75, 3.05) is 18.1 Å². The van der Waals surface area contributed by atoms with Crippen molar-refractivity contribution in [2.45, 2.75) is 25.6 Å². The lowest BCUT2D eigenvalue weighted by atomic mass is 10.1. The summed E-state index contributed by atoms with van der Waals surface area (Å²) in [7, 11) is 0. The van der Waals surface area contributed by atoms with Crippen LogP contribution >= 0.6 is 11.8 Å². The minimum atomic E-state index is -0.115. The molecule has 24 heavy (non-hydrogen) atoms. The van der Waals surface area contributed by atoms with Crippen LogP contribution in [0.15, 0.2) is 36.0 Å². The Kier molecular flexibility index (Phi) is 6.25. The van der Waals surface area contributed by atoms with Crippen molar-refractivity contribution < 1.29 is 9.53 Å². The lowest BCUT2D eigenvalue weighted by molar-refractivity contribution is -0.118. The molecule has 0 atom stereocenters. The number of nitrogen functional groups attached to an aromatic ring is 1. The van der Waals surface area contributed by atoms with E-state index < -0.39 is 0 Å². The SMILES string of the molecule is C=CCNC(=O)CSc1nnc(COc2cc(C)cc(C)c2)n1N. The summed E-state index contributed by atoms with van der Waals surface area (Å²) in [5.41, 5.74) is 2.25. The molecule has 0 saturated carbocycles. The number of aryl methyl sites for hydroxylation is 2. The number of rotatable bonds is 8. The van der Waals surface area contributed by atoms with E-state index in [0.29, 0.717) is 17.5 Å². The molecule has 0 aliphatic rings. The summed E-state index contributed by atoms with van der Waals surface area (Å²) in [6, 6.07) is 5.97. The molecule has 2 rings (SSSR count). The molecule has 0 aliphatic carbocycles. The van der Waals surface area contributed by atoms with Gasteiger partial charge in [0.2, 0.25) is 11.1 Å². The molecule has 0 fully saturated rings. The fourth-order valence-corrected chi connectivity index (χ4v) is 2.74. The van der Waals surface area contributed by atoms with E-state index in [-0.39, 0.29) is 18.3 Å². The molecule has 0 unspecified atom stereocenters. The number of thioether (sulfide) groups is 1. The standard InChI is InChI=1S/C16H21N5O2S/c1-4-5-18-15(22)10-24-16-20-19-14(21(16)17)9-23-13-7-11(2)6-12(3)8-13/h4,6-8H,1,5,9-10,17H2,2-3H3,(H,18,22). The van der Waals surface area contributed by atoms with Crippen molar-refractivity contribution in [3.05, 3.63) is 47.8 Å². The highest BCUT2D eigenvalue weighted by atomic mass is 32.2. The fraction of sp³-hybridized carbons (Fsp3) is 0.312. The number of nitrogens with two attached hydrogens (primary N) is 1. The second kappa shape index (κ2) is 8.39. The molecule has 7 nitrogen and oxygen atoms in total. The number of carbonyl (C=O) groups is 1. The van der Waals surface area contributed by atoms with Crippen LogP contribution in [0, 0.1) is 13.8 Å². The van der Waals surface area contributed by atoms with Gasteiger partial charge in [-0.2, -0.15) is 0 Å². The van der Waals surface area contributed by atoms with Gasteiger partial charge in [0.25, 0.3) is 0 Å². The summed E-state index contributed by atoms with van der Waals surface area (Å²) >= 11 is 1.22. The third kappa shape index (κ3) is 5.02. The van der Waals surface area contributed by atoms with Crippen LogP contribution in [0.25, 0.3) is 0 Å². The highest BCUT2D eigenvalue weighted by Gasteiger charge is 2.12. The summed E-state index contributed by atoms with van der Waals surface area (Å²) in [6.07, 6.45) is 1.62. The Bertz CT molecular complexity index is 709. The van der Waals surface area contributed by atoms with Gasteiger partial charge in [0.1, 0.15) is 12.4 Å². The van der Waals surface area contributed by atoms with E-state index >= 15 is 0 Å². The summed E-state index contributed by atoms with van der Waals surface area (Å²) in [5.74, 6) is 7.30. The number of ether oxygens (including phenoxy) is 1. The number of aromatic nitrogens is 3. The molecule has 3 N–H and O–H groups in total. The van der Waals surface area contributed by atoms with Gasteiger partial charge in [0, 0.05) is 6.54 Å². The van der Waals surface area contributed by atoms with Gasteiger partial charge < -0.3 is 15.9 Å². The van der Waals surface area contributed by atoms with Crippen LogP contribution in [0.5, 0.6) is 5.75 Å². The van der Waals surface area contributed by atoms with E-state index in [1.54, 1.807) is 6.08 Å². The first-order chi connectivity index (χ1) is 11.5. The molecular formula is C16H21N5O2S. The highest BCUT2D eigenvalue weighted by Crippen LogP contribution is 2.18. The fourth-order valence-electron chi connectivity index (χ4n) is 2.04. The van der Waals surface area contributed by atoms with Crippen LogP contribution in [0.4, 0.5) is 0 Å². The van der Waals surface area contributed by atoms with Crippen molar-refractivity contribution in [1.82, 2.24) is 20.2 Å². The third-order valence-electron chi connectivity index (χ3n) is 3.07. The zero-order valence-corrected chi connectivity index (χ0v) is 14.6. The molecule has 1 aromatic carbocycles. The zero-order chi connectivity index (χ0) is 17.5. The molecule has 1 heterocycles. The molecule has 1 amide bonds. The van der Waals surface area contributed by atoms with Crippen molar-refractivity contribution in [3.8, 4) is 5.75 Å². The van der Waals surface area contributed by atoms with Gasteiger partial charge in [0.15, 0.2) is 5.82 Å². The molecule has 2 aromatic rings. The van der Waals surface area contributed by atoms with Crippen LogP contribution in [-0.2, 0) is 11.4 Å². The highest BCUT2D eigenvalue weighted by molar-refractivity contribution is 7.99. The first-order valence-corrected chi connectivity index (χ1v) is 8.39. The summed E-state index contributed by atoms with van der Waals surface area (Å²) in [4.78, 5) is 11.6. The second-order valence-corrected chi connectivity index (χ2v) is 6.20. The Morgan fingerprint density at radius 2 is 2.08 bits per heavy atom. The van der Waals surface area contributed by atoms with E-state index in [0.717, 1.165) is 16.9 Å². The molecule has 8 heteroatoms. The molecule has 1 aromatic heterocycles. The maximum Gasteiger partial charge on any atom is 0.230 e. The second-order valence-electron chi connectivity index (χ2n) is 5.26. The van der Waals surface area contributed by atoms with Crippen molar-refractivity contribution in [2.24, 2.45) is 0 Å². The van der Waals surface area contributed by atoms with E-state index in [1.165, 1.54) is 16.4 Å². The van der Waals surface area contributed by atoms with Gasteiger partial charge in [-0.3, -0.25) is 4.79 Å². The van der Waals surface area contributed by atoms with E-state index in [2.05, 4.69) is 28.2 Å². The lowest BCUT2D eigenvalue weighted by Crippen LogP contribution is -2.25. The summed E-state index contributed by atoms with van der Waals surface area (Å²) in [6.45, 7) is 8.20. The smallest absolute Gasteiger partial charge is 0.230 e. The van der Waals surface area contributed by atoms with Gasteiger partial charge >= 0.3 is 0 Å². The number of hydrogen-bond acceptors (Lipinski definition) is 6. The molecule has 0 bridgehead atoms. The average Bonchev–Trinajstić information content (AvgIpc) is 2.88. The minimum Gasteiger partial charge on any atom is -0.486 e. The number of nitrogens with one attached hydrogen (secondary N) is 1. The number of carbonyl (C=O) groups excluding carboxylic acids is 1. The lowest BCUT2D eigenvalue weighted by Gasteiger charge is -2.08. The number of benzene rings is 1. The van der Waals surface area contributed by atoms with Gasteiger partial charge in [-0.15, -0.1) is 16.8 Å². The van der Waals surface area contributed by atoms with Gasteiger partial charge in [-0.05, 0) is 37.1 Å². The Hall–Kier alpha value is -2.48. The maximum atomic E-state index is 11.6. The Balaban J connectivity index is 1.92. The van der Waals surface area contributed by atoms with Crippen LogP contribution in [0.1, 0.15) is 17.0 Å². The van der Waals surface area contributed by atoms with Crippen molar-refractivity contribution in [1.29, 1.82) is 0 Å². The van der Waals surface area contributed by atoms with E-state index in [9.17, 15) is 4.79 Å².